The number of rotatable bonds is 5. The molecule has 2 aliphatic heterocycles. The summed E-state index contributed by atoms with van der Waals surface area (Å²) in [6.45, 7) is 0.153. The van der Waals surface area contributed by atoms with Crippen molar-refractivity contribution in [1.29, 1.82) is 0 Å². The number of phenols is 1. The standard InChI is InChI=1S/C20H19N3O5S/c1-27-17-8-12(6-7-15(17)24)20-23(19(26)11-29-20)21-10-13-9-18(25)22-14-4-2-3-5-16(14)28-13/h2-9,20-21,24H,10-11H2,1H3,(H,22,25). The molecule has 0 radical (unpaired) electrons. The summed E-state index contributed by atoms with van der Waals surface area (Å²) in [7, 11) is 1.47. The van der Waals surface area contributed by atoms with Crippen molar-refractivity contribution in [3.63, 3.8) is 0 Å². The van der Waals surface area contributed by atoms with E-state index in [-0.39, 0.29) is 29.5 Å². The molecule has 0 spiro atoms. The van der Waals surface area contributed by atoms with Gasteiger partial charge >= 0.3 is 0 Å². The minimum absolute atomic E-state index is 0.0340. The Balaban J connectivity index is 1.51. The van der Waals surface area contributed by atoms with Gasteiger partial charge in [-0.15, -0.1) is 11.8 Å². The van der Waals surface area contributed by atoms with Gasteiger partial charge in [-0.1, -0.05) is 18.2 Å². The van der Waals surface area contributed by atoms with Crippen LogP contribution in [0.2, 0.25) is 0 Å². The van der Waals surface area contributed by atoms with Crippen LogP contribution in [0.5, 0.6) is 17.2 Å². The molecular weight excluding hydrogens is 394 g/mol. The number of fused-ring (bicyclic) bond motifs is 1. The van der Waals surface area contributed by atoms with Crippen molar-refractivity contribution in [2.75, 3.05) is 24.7 Å². The molecule has 2 aromatic carbocycles. The third kappa shape index (κ3) is 4.01. The van der Waals surface area contributed by atoms with Gasteiger partial charge < -0.3 is 19.9 Å². The first kappa shape index (κ1) is 19.2. The molecule has 29 heavy (non-hydrogen) atoms. The average molecular weight is 413 g/mol. The number of phenolic OH excluding ortho intramolecular Hbond substituents is 1. The van der Waals surface area contributed by atoms with Crippen LogP contribution in [0.15, 0.2) is 54.3 Å². The van der Waals surface area contributed by atoms with Crippen molar-refractivity contribution >= 4 is 29.3 Å². The number of benzene rings is 2. The van der Waals surface area contributed by atoms with E-state index in [9.17, 15) is 14.7 Å². The molecule has 2 amide bonds. The summed E-state index contributed by atoms with van der Waals surface area (Å²) in [5, 5.41) is 13.8. The number of para-hydroxylation sites is 2. The number of anilines is 1. The number of nitrogens with one attached hydrogen (secondary N) is 2. The Morgan fingerprint density at radius 3 is 2.97 bits per heavy atom. The Kier molecular flexibility index (Phi) is 5.32. The Labute approximate surface area is 171 Å². The van der Waals surface area contributed by atoms with Gasteiger partial charge in [-0.3, -0.25) is 14.6 Å². The predicted molar refractivity (Wildman–Crippen MR) is 108 cm³/mol. The fourth-order valence-electron chi connectivity index (χ4n) is 3.08. The van der Waals surface area contributed by atoms with Gasteiger partial charge in [0.05, 0.1) is 25.1 Å². The maximum Gasteiger partial charge on any atom is 0.251 e. The highest BCUT2D eigenvalue weighted by atomic mass is 32.2. The van der Waals surface area contributed by atoms with Gasteiger partial charge in [-0.05, 0) is 29.8 Å². The quantitative estimate of drug-likeness (QED) is 0.692. The topological polar surface area (TPSA) is 100 Å². The molecule has 1 saturated heterocycles. The second-order valence-electron chi connectivity index (χ2n) is 6.39. The molecule has 1 fully saturated rings. The van der Waals surface area contributed by atoms with E-state index >= 15 is 0 Å². The molecule has 0 aliphatic carbocycles. The molecular formula is C20H19N3O5S. The minimum atomic E-state index is -0.301. The molecule has 2 aliphatic rings. The maximum atomic E-state index is 12.4. The van der Waals surface area contributed by atoms with Crippen LogP contribution in [-0.4, -0.2) is 41.3 Å². The van der Waals surface area contributed by atoms with E-state index in [1.807, 2.05) is 12.1 Å². The number of hydrogen-bond donors (Lipinski definition) is 3. The molecule has 0 bridgehead atoms. The van der Waals surface area contributed by atoms with E-state index in [1.165, 1.54) is 36.0 Å². The lowest BCUT2D eigenvalue weighted by atomic mass is 10.2. The lowest BCUT2D eigenvalue weighted by Gasteiger charge is -2.25. The fourth-order valence-corrected chi connectivity index (χ4v) is 4.20. The molecule has 8 nitrogen and oxygen atoms in total. The van der Waals surface area contributed by atoms with E-state index in [1.54, 1.807) is 24.3 Å². The van der Waals surface area contributed by atoms with Crippen LogP contribution in [0.1, 0.15) is 10.9 Å². The fraction of sp³-hybridized carbons (Fsp3) is 0.200. The number of nitrogens with zero attached hydrogens (tertiary/aromatic N) is 1. The molecule has 1 atom stereocenters. The maximum absolute atomic E-state index is 12.4. The zero-order chi connectivity index (χ0) is 20.4. The van der Waals surface area contributed by atoms with Gasteiger partial charge in [-0.2, -0.15) is 0 Å². The zero-order valence-corrected chi connectivity index (χ0v) is 16.4. The van der Waals surface area contributed by atoms with Gasteiger partial charge in [0.25, 0.3) is 5.91 Å². The van der Waals surface area contributed by atoms with E-state index in [2.05, 4.69) is 10.7 Å². The Hall–Kier alpha value is -3.17. The highest BCUT2D eigenvalue weighted by Crippen LogP contribution is 2.40. The number of amides is 2. The summed E-state index contributed by atoms with van der Waals surface area (Å²) in [4.78, 5) is 24.5. The van der Waals surface area contributed by atoms with Gasteiger partial charge in [0.1, 0.15) is 11.1 Å². The van der Waals surface area contributed by atoms with Crippen LogP contribution in [0.4, 0.5) is 5.69 Å². The van der Waals surface area contributed by atoms with Crippen LogP contribution >= 0.6 is 11.8 Å². The van der Waals surface area contributed by atoms with Crippen molar-refractivity contribution in [1.82, 2.24) is 10.4 Å². The number of aromatic hydroxyl groups is 1. The second kappa shape index (κ2) is 8.06. The number of thioether (sulfide) groups is 1. The molecule has 2 heterocycles. The second-order valence-corrected chi connectivity index (χ2v) is 7.46. The Bertz CT molecular complexity index is 994. The predicted octanol–water partition coefficient (Wildman–Crippen LogP) is 2.39. The van der Waals surface area contributed by atoms with Crippen molar-refractivity contribution in [2.45, 2.75) is 5.37 Å². The van der Waals surface area contributed by atoms with Gasteiger partial charge in [-0.25, -0.2) is 5.43 Å². The summed E-state index contributed by atoms with van der Waals surface area (Å²) < 4.78 is 11.0. The van der Waals surface area contributed by atoms with E-state index in [0.29, 0.717) is 28.7 Å². The van der Waals surface area contributed by atoms with Crippen LogP contribution < -0.4 is 20.2 Å². The zero-order valence-electron chi connectivity index (χ0n) is 15.5. The molecule has 2 aromatic rings. The Morgan fingerprint density at radius 1 is 1.31 bits per heavy atom. The molecule has 1 unspecified atom stereocenters. The first-order valence-corrected chi connectivity index (χ1v) is 9.92. The molecule has 9 heteroatoms. The monoisotopic (exact) mass is 413 g/mol. The molecule has 0 saturated carbocycles. The first-order valence-electron chi connectivity index (χ1n) is 8.87. The normalized spacial score (nSPS) is 18.4. The third-order valence-electron chi connectivity index (χ3n) is 4.46. The van der Waals surface area contributed by atoms with E-state index in [0.717, 1.165) is 5.56 Å². The number of carbonyl (C=O) groups is 2. The van der Waals surface area contributed by atoms with Gasteiger partial charge in [0.15, 0.2) is 17.2 Å². The highest BCUT2D eigenvalue weighted by Gasteiger charge is 2.33. The van der Waals surface area contributed by atoms with E-state index < -0.39 is 0 Å². The van der Waals surface area contributed by atoms with Crippen LogP contribution in [-0.2, 0) is 9.59 Å². The van der Waals surface area contributed by atoms with Gasteiger partial charge in [0, 0.05) is 6.08 Å². The molecule has 150 valence electrons. The number of methoxy groups -OCH3 is 1. The summed E-state index contributed by atoms with van der Waals surface area (Å²) in [6, 6.07) is 12.1. The van der Waals surface area contributed by atoms with Crippen LogP contribution in [0.3, 0.4) is 0 Å². The lowest BCUT2D eigenvalue weighted by molar-refractivity contribution is -0.131. The molecule has 4 rings (SSSR count). The van der Waals surface area contributed by atoms with Crippen molar-refractivity contribution in [3.8, 4) is 17.2 Å². The smallest absolute Gasteiger partial charge is 0.251 e. The SMILES string of the molecule is COc1cc(C2SCC(=O)N2NCC2=CC(=O)Nc3ccccc3O2)ccc1O. The largest absolute Gasteiger partial charge is 0.504 e. The molecule has 3 N–H and O–H groups in total. The lowest BCUT2D eigenvalue weighted by Crippen LogP contribution is -2.42. The number of carbonyl (C=O) groups excluding carboxylic acids is 2. The highest BCUT2D eigenvalue weighted by molar-refractivity contribution is 8.00. The summed E-state index contributed by atoms with van der Waals surface area (Å²) in [5.74, 6) is 1.22. The van der Waals surface area contributed by atoms with Crippen LogP contribution in [0.25, 0.3) is 0 Å². The minimum Gasteiger partial charge on any atom is -0.504 e. The van der Waals surface area contributed by atoms with Crippen LogP contribution in [0, 0.1) is 0 Å². The molecule has 0 aromatic heterocycles. The van der Waals surface area contributed by atoms with Crippen molar-refractivity contribution in [2.24, 2.45) is 0 Å². The third-order valence-corrected chi connectivity index (χ3v) is 5.67. The average Bonchev–Trinajstić information content (AvgIpc) is 2.99. The number of ether oxygens (including phenoxy) is 2. The Morgan fingerprint density at radius 2 is 2.14 bits per heavy atom. The summed E-state index contributed by atoms with van der Waals surface area (Å²) in [5.41, 5.74) is 4.46. The first-order chi connectivity index (χ1) is 14.0. The number of hydrazine groups is 1. The van der Waals surface area contributed by atoms with Crippen molar-refractivity contribution < 1.29 is 24.2 Å². The summed E-state index contributed by atoms with van der Waals surface area (Å²) >= 11 is 1.45. The van der Waals surface area contributed by atoms with Gasteiger partial charge in [0.2, 0.25) is 5.91 Å². The van der Waals surface area contributed by atoms with E-state index in [4.69, 9.17) is 9.47 Å². The summed E-state index contributed by atoms with van der Waals surface area (Å²) in [6.07, 6.45) is 1.36. The van der Waals surface area contributed by atoms with Crippen molar-refractivity contribution in [3.05, 3.63) is 59.9 Å². The number of hydrogen-bond acceptors (Lipinski definition) is 7.